The molecule has 160 valence electrons. The third-order valence-corrected chi connectivity index (χ3v) is 5.53. The van der Waals surface area contributed by atoms with Crippen LogP contribution in [0.4, 0.5) is 11.4 Å². The summed E-state index contributed by atoms with van der Waals surface area (Å²) in [4.78, 5) is 40.9. The number of fused-ring (bicyclic) bond motifs is 1. The molecule has 0 fully saturated rings. The van der Waals surface area contributed by atoms with E-state index in [9.17, 15) is 19.7 Å². The summed E-state index contributed by atoms with van der Waals surface area (Å²) >= 11 is 1.39. The van der Waals surface area contributed by atoms with Gasteiger partial charge < -0.3 is 10.1 Å². The van der Waals surface area contributed by atoms with Crippen LogP contribution >= 0.6 is 11.3 Å². The molecule has 0 aliphatic carbocycles. The Morgan fingerprint density at radius 2 is 1.88 bits per heavy atom. The number of thiazole rings is 1. The number of rotatable bonds is 6. The molecule has 4 rings (SSSR count). The summed E-state index contributed by atoms with van der Waals surface area (Å²) in [7, 11) is 0. The van der Waals surface area contributed by atoms with Crippen LogP contribution < -0.4 is 5.32 Å². The van der Waals surface area contributed by atoms with E-state index in [2.05, 4.69) is 10.3 Å². The Morgan fingerprint density at radius 1 is 1.09 bits per heavy atom. The number of anilines is 1. The van der Waals surface area contributed by atoms with Gasteiger partial charge in [-0.15, -0.1) is 11.3 Å². The Hall–Kier alpha value is -4.11. The van der Waals surface area contributed by atoms with Gasteiger partial charge in [0.1, 0.15) is 5.69 Å². The van der Waals surface area contributed by atoms with Gasteiger partial charge in [0.25, 0.3) is 11.6 Å². The van der Waals surface area contributed by atoms with Crippen molar-refractivity contribution in [3.63, 3.8) is 0 Å². The maximum Gasteiger partial charge on any atom is 0.339 e. The second-order valence-corrected chi connectivity index (χ2v) is 7.88. The molecule has 0 bridgehead atoms. The zero-order valence-electron chi connectivity index (χ0n) is 16.8. The summed E-state index contributed by atoms with van der Waals surface area (Å²) in [5, 5.41) is 13.9. The van der Waals surface area contributed by atoms with E-state index in [0.29, 0.717) is 11.1 Å². The minimum Gasteiger partial charge on any atom is -0.444 e. The summed E-state index contributed by atoms with van der Waals surface area (Å²) in [6, 6.07) is 17.9. The highest BCUT2D eigenvalue weighted by Crippen LogP contribution is 2.28. The van der Waals surface area contributed by atoms with Crippen molar-refractivity contribution in [2.75, 3.05) is 5.32 Å². The minimum atomic E-state index is -1.30. The maximum atomic E-state index is 13.1. The smallest absolute Gasteiger partial charge is 0.339 e. The quantitative estimate of drug-likeness (QED) is 0.251. The van der Waals surface area contributed by atoms with Gasteiger partial charge in [0.05, 0.1) is 26.2 Å². The van der Waals surface area contributed by atoms with Crippen molar-refractivity contribution in [3.05, 3.63) is 99.0 Å². The van der Waals surface area contributed by atoms with Crippen LogP contribution in [0.25, 0.3) is 10.2 Å². The van der Waals surface area contributed by atoms with Crippen LogP contribution in [-0.2, 0) is 9.53 Å². The molecule has 1 N–H and O–H groups in total. The van der Waals surface area contributed by atoms with Gasteiger partial charge in [0.2, 0.25) is 6.10 Å². The normalized spacial score (nSPS) is 11.7. The highest BCUT2D eigenvalue weighted by atomic mass is 32.1. The van der Waals surface area contributed by atoms with E-state index in [0.717, 1.165) is 10.2 Å². The predicted molar refractivity (Wildman–Crippen MR) is 121 cm³/mol. The molecule has 9 heteroatoms. The van der Waals surface area contributed by atoms with Gasteiger partial charge in [-0.25, -0.2) is 9.78 Å². The Labute approximate surface area is 186 Å². The molecular formula is C23H17N3O5S. The third-order valence-electron chi connectivity index (χ3n) is 4.74. The lowest BCUT2D eigenvalue weighted by molar-refractivity contribution is -0.384. The number of benzene rings is 3. The van der Waals surface area contributed by atoms with Gasteiger partial charge in [0.15, 0.2) is 0 Å². The van der Waals surface area contributed by atoms with Gasteiger partial charge in [-0.1, -0.05) is 36.4 Å². The van der Waals surface area contributed by atoms with Crippen molar-refractivity contribution in [1.29, 1.82) is 0 Å². The molecule has 0 aliphatic rings. The SMILES string of the molecule is Cc1ccc(NC(=O)C(OC(=O)c2ccc3ncsc3c2)c2ccccc2)c([N+](=O)[O-])c1. The molecule has 8 nitrogen and oxygen atoms in total. The molecule has 32 heavy (non-hydrogen) atoms. The van der Waals surface area contributed by atoms with Crippen molar-refractivity contribution >= 4 is 44.8 Å². The van der Waals surface area contributed by atoms with Crippen LogP contribution in [0.5, 0.6) is 0 Å². The van der Waals surface area contributed by atoms with Crippen molar-refractivity contribution in [3.8, 4) is 0 Å². The Morgan fingerprint density at radius 3 is 2.62 bits per heavy atom. The van der Waals surface area contributed by atoms with Gasteiger partial charge in [-0.2, -0.15) is 0 Å². The highest BCUT2D eigenvalue weighted by molar-refractivity contribution is 7.16. The van der Waals surface area contributed by atoms with E-state index in [1.807, 2.05) is 0 Å². The molecule has 0 spiro atoms. The Bertz CT molecular complexity index is 1320. The molecule has 0 saturated carbocycles. The first-order valence-electron chi connectivity index (χ1n) is 9.57. The lowest BCUT2D eigenvalue weighted by atomic mass is 10.1. The standard InChI is InChI=1S/C23H17N3O5S/c1-14-7-9-17(19(11-14)26(29)30)25-22(27)21(15-5-3-2-4-6-15)31-23(28)16-8-10-18-20(12-16)32-13-24-18/h2-13,21H,1H3,(H,25,27). The number of aryl methyl sites for hydroxylation is 1. The number of nitrogens with one attached hydrogen (secondary N) is 1. The molecule has 0 aliphatic heterocycles. The third kappa shape index (κ3) is 4.47. The first-order chi connectivity index (χ1) is 15.4. The van der Waals surface area contributed by atoms with E-state index >= 15 is 0 Å². The van der Waals surface area contributed by atoms with Gasteiger partial charge >= 0.3 is 5.97 Å². The number of esters is 1. The molecule has 4 aromatic rings. The van der Waals surface area contributed by atoms with Crippen LogP contribution in [0.15, 0.2) is 72.2 Å². The van der Waals surface area contributed by atoms with Crippen molar-refractivity contribution in [2.24, 2.45) is 0 Å². The number of hydrogen-bond donors (Lipinski definition) is 1. The number of ether oxygens (including phenoxy) is 1. The summed E-state index contributed by atoms with van der Waals surface area (Å²) in [6.07, 6.45) is -1.30. The van der Waals surface area contributed by atoms with Crippen LogP contribution in [0.3, 0.4) is 0 Å². The van der Waals surface area contributed by atoms with Crippen LogP contribution in [0.1, 0.15) is 27.6 Å². The number of carbonyl (C=O) groups is 2. The maximum absolute atomic E-state index is 13.1. The summed E-state index contributed by atoms with van der Waals surface area (Å²) < 4.78 is 6.38. The van der Waals surface area contributed by atoms with Crippen molar-refractivity contribution in [1.82, 2.24) is 4.98 Å². The second-order valence-electron chi connectivity index (χ2n) is 7.00. The topological polar surface area (TPSA) is 111 Å². The van der Waals surface area contributed by atoms with Crippen LogP contribution in [0.2, 0.25) is 0 Å². The van der Waals surface area contributed by atoms with E-state index in [-0.39, 0.29) is 16.9 Å². The number of hydrogen-bond acceptors (Lipinski definition) is 7. The van der Waals surface area contributed by atoms with Gasteiger partial charge in [-0.05, 0) is 36.8 Å². The molecule has 1 unspecified atom stereocenters. The fraction of sp³-hybridized carbons (Fsp3) is 0.0870. The van der Waals surface area contributed by atoms with E-state index in [1.165, 1.54) is 23.5 Å². The Balaban J connectivity index is 1.63. The number of carbonyl (C=O) groups excluding carboxylic acids is 2. The molecule has 1 aromatic heterocycles. The fourth-order valence-corrected chi connectivity index (χ4v) is 3.87. The van der Waals surface area contributed by atoms with E-state index in [1.54, 1.807) is 67.0 Å². The molecule has 1 atom stereocenters. The lowest BCUT2D eigenvalue weighted by Gasteiger charge is -2.18. The monoisotopic (exact) mass is 447 g/mol. The van der Waals surface area contributed by atoms with Crippen molar-refractivity contribution < 1.29 is 19.2 Å². The summed E-state index contributed by atoms with van der Waals surface area (Å²) in [6.45, 7) is 1.72. The highest BCUT2D eigenvalue weighted by Gasteiger charge is 2.28. The van der Waals surface area contributed by atoms with E-state index in [4.69, 9.17) is 4.74 Å². The van der Waals surface area contributed by atoms with Crippen LogP contribution in [0, 0.1) is 17.0 Å². The number of nitro groups is 1. The van der Waals surface area contributed by atoms with Gasteiger partial charge in [0, 0.05) is 11.6 Å². The summed E-state index contributed by atoms with van der Waals surface area (Å²) in [5.74, 6) is -1.39. The average Bonchev–Trinajstić information content (AvgIpc) is 3.26. The fourth-order valence-electron chi connectivity index (χ4n) is 3.15. The second kappa shape index (κ2) is 8.94. The number of nitrogens with zero attached hydrogens (tertiary/aromatic N) is 2. The number of amides is 1. The molecule has 0 saturated heterocycles. The molecule has 1 amide bonds. The first-order valence-corrected chi connectivity index (χ1v) is 10.5. The number of nitro benzene ring substituents is 1. The molecule has 3 aromatic carbocycles. The zero-order valence-corrected chi connectivity index (χ0v) is 17.7. The first kappa shape index (κ1) is 21.1. The molecule has 0 radical (unpaired) electrons. The average molecular weight is 447 g/mol. The zero-order chi connectivity index (χ0) is 22.7. The number of aromatic nitrogens is 1. The minimum absolute atomic E-state index is 0.0219. The van der Waals surface area contributed by atoms with E-state index < -0.39 is 22.9 Å². The largest absolute Gasteiger partial charge is 0.444 e. The molecular weight excluding hydrogens is 430 g/mol. The van der Waals surface area contributed by atoms with Gasteiger partial charge in [-0.3, -0.25) is 14.9 Å². The van der Waals surface area contributed by atoms with Crippen molar-refractivity contribution in [2.45, 2.75) is 13.0 Å². The predicted octanol–water partition coefficient (Wildman–Crippen LogP) is 5.05. The Kier molecular flexibility index (Phi) is 5.91. The summed E-state index contributed by atoms with van der Waals surface area (Å²) in [5.41, 5.74) is 3.61. The van der Waals surface area contributed by atoms with Crippen LogP contribution in [-0.4, -0.2) is 21.8 Å². The lowest BCUT2D eigenvalue weighted by Crippen LogP contribution is -2.26. The molecule has 1 heterocycles.